The van der Waals surface area contributed by atoms with E-state index in [0.29, 0.717) is 5.91 Å². The van der Waals surface area contributed by atoms with Gasteiger partial charge in [-0.1, -0.05) is 54.6 Å². The van der Waals surface area contributed by atoms with E-state index in [0.717, 1.165) is 39.0 Å². The molecule has 2 atom stereocenters. The molecule has 3 heteroatoms. The fourth-order valence-corrected chi connectivity index (χ4v) is 4.19. The Balaban J connectivity index is 1.40. The Kier molecular flexibility index (Phi) is 4.89. The van der Waals surface area contributed by atoms with E-state index in [2.05, 4.69) is 72.5 Å². The van der Waals surface area contributed by atoms with E-state index in [4.69, 9.17) is 0 Å². The number of benzene rings is 2. The van der Waals surface area contributed by atoms with Crippen LogP contribution in [0.3, 0.4) is 0 Å². The van der Waals surface area contributed by atoms with Gasteiger partial charge in [0.25, 0.3) is 5.91 Å². The van der Waals surface area contributed by atoms with Crippen LogP contribution in [-0.4, -0.2) is 36.5 Å². The molecule has 3 nitrogen and oxygen atoms in total. The zero-order valence-electron chi connectivity index (χ0n) is 15.4. The minimum Gasteiger partial charge on any atom is -0.333 e. The third-order valence-electron chi connectivity index (χ3n) is 5.90. The largest absolute Gasteiger partial charge is 0.333 e. The number of nitrogens with one attached hydrogen (secondary N) is 1. The van der Waals surface area contributed by atoms with Gasteiger partial charge in [0.05, 0.1) is 13.1 Å². The predicted octanol–water partition coefficient (Wildman–Crippen LogP) is 2.33. The lowest BCUT2D eigenvalue weighted by molar-refractivity contribution is -0.909. The highest BCUT2D eigenvalue weighted by Gasteiger charge is 2.32. The van der Waals surface area contributed by atoms with E-state index in [1.165, 1.54) is 27.2 Å². The Hall–Kier alpha value is -2.39. The molecule has 2 aromatic carbocycles. The Labute approximate surface area is 155 Å². The van der Waals surface area contributed by atoms with Gasteiger partial charge in [0.2, 0.25) is 0 Å². The Morgan fingerprint density at radius 1 is 1.00 bits per heavy atom. The molecule has 26 heavy (non-hydrogen) atoms. The van der Waals surface area contributed by atoms with Crippen molar-refractivity contribution in [2.24, 2.45) is 0 Å². The molecule has 2 aliphatic heterocycles. The number of fused-ring (bicyclic) bond motifs is 1. The van der Waals surface area contributed by atoms with Crippen molar-refractivity contribution in [2.45, 2.75) is 32.4 Å². The molecule has 1 unspecified atom stereocenters. The quantitative estimate of drug-likeness (QED) is 0.906. The maximum Gasteiger partial charge on any atom is 0.280 e. The summed E-state index contributed by atoms with van der Waals surface area (Å²) in [6, 6.07) is 19.1. The smallest absolute Gasteiger partial charge is 0.280 e. The van der Waals surface area contributed by atoms with E-state index >= 15 is 0 Å². The fraction of sp³-hybridized carbons (Fsp3) is 0.348. The van der Waals surface area contributed by atoms with Crippen LogP contribution in [0, 0.1) is 0 Å². The minimum atomic E-state index is 0.0221. The summed E-state index contributed by atoms with van der Waals surface area (Å²) in [6.07, 6.45) is 4.34. The van der Waals surface area contributed by atoms with Gasteiger partial charge in [0.1, 0.15) is 0 Å². The van der Waals surface area contributed by atoms with Gasteiger partial charge in [0.15, 0.2) is 6.04 Å². The van der Waals surface area contributed by atoms with Crippen molar-refractivity contribution in [1.29, 1.82) is 0 Å². The highest BCUT2D eigenvalue weighted by atomic mass is 16.2. The molecule has 2 heterocycles. The fourth-order valence-electron chi connectivity index (χ4n) is 4.19. The Morgan fingerprint density at radius 3 is 2.46 bits per heavy atom. The van der Waals surface area contributed by atoms with Crippen LogP contribution in [0.5, 0.6) is 0 Å². The van der Waals surface area contributed by atoms with Crippen molar-refractivity contribution in [2.75, 3.05) is 19.6 Å². The van der Waals surface area contributed by atoms with Crippen molar-refractivity contribution in [1.82, 2.24) is 4.90 Å². The third kappa shape index (κ3) is 3.45. The second-order valence-electron chi connectivity index (χ2n) is 7.46. The minimum absolute atomic E-state index is 0.0221. The predicted molar refractivity (Wildman–Crippen MR) is 105 cm³/mol. The monoisotopic (exact) mass is 347 g/mol. The maximum atomic E-state index is 13.0. The summed E-state index contributed by atoms with van der Waals surface area (Å²) >= 11 is 0. The van der Waals surface area contributed by atoms with Crippen LogP contribution in [-0.2, 0) is 17.8 Å². The highest BCUT2D eigenvalue weighted by molar-refractivity contribution is 5.80. The van der Waals surface area contributed by atoms with Gasteiger partial charge in [-0.2, -0.15) is 0 Å². The van der Waals surface area contributed by atoms with Crippen LogP contribution >= 0.6 is 0 Å². The van der Waals surface area contributed by atoms with Gasteiger partial charge in [-0.25, -0.2) is 0 Å². The first kappa shape index (κ1) is 17.0. The lowest BCUT2D eigenvalue weighted by Gasteiger charge is -2.34. The number of carbonyl (C=O) groups excluding carboxylic acids is 1. The van der Waals surface area contributed by atoms with Crippen LogP contribution in [0.2, 0.25) is 0 Å². The van der Waals surface area contributed by atoms with Crippen LogP contribution in [0.1, 0.15) is 30.0 Å². The van der Waals surface area contributed by atoms with E-state index in [-0.39, 0.29) is 6.04 Å². The van der Waals surface area contributed by atoms with Crippen molar-refractivity contribution < 1.29 is 9.69 Å². The van der Waals surface area contributed by atoms with Gasteiger partial charge in [-0.05, 0) is 41.7 Å². The number of hydrogen-bond donors (Lipinski definition) is 1. The summed E-state index contributed by atoms with van der Waals surface area (Å²) in [7, 11) is 0. The molecule has 0 radical (unpaired) electrons. The lowest BCUT2D eigenvalue weighted by atomic mass is 9.97. The Morgan fingerprint density at radius 2 is 1.73 bits per heavy atom. The summed E-state index contributed by atoms with van der Waals surface area (Å²) in [5, 5.41) is 0. The molecule has 1 N–H and O–H groups in total. The first-order valence-corrected chi connectivity index (χ1v) is 9.67. The second-order valence-corrected chi connectivity index (χ2v) is 7.46. The molecule has 0 aliphatic carbocycles. The van der Waals surface area contributed by atoms with E-state index in [1.807, 2.05) is 0 Å². The molecule has 0 fully saturated rings. The zero-order chi connectivity index (χ0) is 17.9. The molecule has 0 aromatic heterocycles. The van der Waals surface area contributed by atoms with Crippen LogP contribution in [0.25, 0.3) is 5.57 Å². The average molecular weight is 347 g/mol. The summed E-state index contributed by atoms with van der Waals surface area (Å²) in [5.41, 5.74) is 5.43. The summed E-state index contributed by atoms with van der Waals surface area (Å²) in [4.78, 5) is 16.5. The normalized spacial score (nSPS) is 20.9. The van der Waals surface area contributed by atoms with Crippen molar-refractivity contribution in [3.8, 4) is 0 Å². The Bertz CT molecular complexity index is 812. The maximum absolute atomic E-state index is 13.0. The SMILES string of the molecule is C[C@@H](C(=O)N1CCc2ccccc2C1)[NH+]1CC=C(c2ccccc2)CC1. The number of amides is 1. The number of hydrogen-bond acceptors (Lipinski definition) is 1. The number of quaternary nitrogens is 1. The lowest BCUT2D eigenvalue weighted by Crippen LogP contribution is -3.17. The second kappa shape index (κ2) is 7.46. The number of rotatable bonds is 3. The first-order chi connectivity index (χ1) is 12.7. The summed E-state index contributed by atoms with van der Waals surface area (Å²) in [5.74, 6) is 0.297. The molecular weight excluding hydrogens is 320 g/mol. The van der Waals surface area contributed by atoms with E-state index in [9.17, 15) is 4.79 Å². The molecule has 2 aliphatic rings. The van der Waals surface area contributed by atoms with Crippen molar-refractivity contribution >= 4 is 11.5 Å². The number of nitrogens with zero attached hydrogens (tertiary/aromatic N) is 1. The molecule has 0 spiro atoms. The summed E-state index contributed by atoms with van der Waals surface area (Å²) in [6.45, 7) is 5.66. The topological polar surface area (TPSA) is 24.8 Å². The van der Waals surface area contributed by atoms with Gasteiger partial charge < -0.3 is 9.80 Å². The van der Waals surface area contributed by atoms with Gasteiger partial charge in [0, 0.05) is 19.5 Å². The standard InChI is InChI=1S/C23H26N2O/c1-18(23(26)25-16-13-20-9-5-6-10-22(20)17-25)24-14-11-21(12-15-24)19-7-3-2-4-8-19/h2-11,18H,12-17H2,1H3/p+1/t18-/m0/s1. The molecule has 0 bridgehead atoms. The van der Waals surface area contributed by atoms with E-state index < -0.39 is 0 Å². The molecule has 4 rings (SSSR count). The zero-order valence-corrected chi connectivity index (χ0v) is 15.4. The molecule has 1 amide bonds. The number of carbonyl (C=O) groups is 1. The summed E-state index contributed by atoms with van der Waals surface area (Å²) < 4.78 is 0. The van der Waals surface area contributed by atoms with Crippen molar-refractivity contribution in [3.05, 3.63) is 77.4 Å². The van der Waals surface area contributed by atoms with Gasteiger partial charge >= 0.3 is 0 Å². The van der Waals surface area contributed by atoms with Crippen LogP contribution < -0.4 is 4.90 Å². The third-order valence-corrected chi connectivity index (χ3v) is 5.90. The molecule has 0 saturated heterocycles. The van der Waals surface area contributed by atoms with Crippen LogP contribution in [0.15, 0.2) is 60.7 Å². The molecule has 0 saturated carbocycles. The van der Waals surface area contributed by atoms with Crippen molar-refractivity contribution in [3.63, 3.8) is 0 Å². The van der Waals surface area contributed by atoms with Crippen LogP contribution in [0.4, 0.5) is 0 Å². The van der Waals surface area contributed by atoms with E-state index in [1.54, 1.807) is 0 Å². The van der Waals surface area contributed by atoms with Gasteiger partial charge in [-0.15, -0.1) is 0 Å². The first-order valence-electron chi connectivity index (χ1n) is 9.67. The molecule has 2 aromatic rings. The van der Waals surface area contributed by atoms with Gasteiger partial charge in [-0.3, -0.25) is 4.79 Å². The molecular formula is C23H27N2O+. The highest BCUT2D eigenvalue weighted by Crippen LogP contribution is 2.20. The molecule has 134 valence electrons. The average Bonchev–Trinajstić information content (AvgIpc) is 2.73.